The Morgan fingerprint density at radius 1 is 1.07 bits per heavy atom. The van der Waals surface area contributed by atoms with Crippen molar-refractivity contribution in [1.29, 1.82) is 0 Å². The number of hydrogen-bond donors (Lipinski definition) is 3. The Morgan fingerprint density at radius 2 is 1.67 bits per heavy atom. The molecule has 0 fully saturated rings. The lowest BCUT2D eigenvalue weighted by atomic mass is 10.0. The molecule has 146 valence electrons. The third-order valence-electron chi connectivity index (χ3n) is 3.74. The molecule has 0 heterocycles. The maximum absolute atomic E-state index is 12.7. The van der Waals surface area contributed by atoms with Gasteiger partial charge in [0.2, 0.25) is 5.91 Å². The molecule has 1 atom stereocenters. The monoisotopic (exact) mass is 391 g/mol. The van der Waals surface area contributed by atoms with Crippen LogP contribution in [-0.4, -0.2) is 31.0 Å². The number of carbonyl (C=O) groups is 2. The number of ether oxygens (including phenoxy) is 1. The molecule has 2 amide bonds. The summed E-state index contributed by atoms with van der Waals surface area (Å²) in [5, 5.41) is 5.59. The van der Waals surface area contributed by atoms with E-state index in [2.05, 4.69) is 10.6 Å². The Balaban J connectivity index is 0.00000364. The predicted molar refractivity (Wildman–Crippen MR) is 108 cm³/mol. The van der Waals surface area contributed by atoms with E-state index in [4.69, 9.17) is 10.5 Å². The highest BCUT2D eigenvalue weighted by atomic mass is 35.5. The SMILES string of the molecule is COc1ccc(C(=O)NC(C(=O)NCC(C)(C)N)c2ccccc2)cc1.Cl. The van der Waals surface area contributed by atoms with Crippen LogP contribution in [0.4, 0.5) is 0 Å². The molecule has 0 radical (unpaired) electrons. The first kappa shape index (κ1) is 22.5. The topological polar surface area (TPSA) is 93.4 Å². The third-order valence-corrected chi connectivity index (χ3v) is 3.74. The molecule has 0 saturated heterocycles. The molecule has 2 aromatic rings. The Hall–Kier alpha value is -2.57. The van der Waals surface area contributed by atoms with Crippen molar-refractivity contribution in [2.75, 3.05) is 13.7 Å². The second kappa shape index (κ2) is 9.94. The van der Waals surface area contributed by atoms with E-state index in [1.807, 2.05) is 32.0 Å². The van der Waals surface area contributed by atoms with E-state index in [1.54, 1.807) is 43.5 Å². The standard InChI is InChI=1S/C20H25N3O3.ClH/c1-20(2,21)13-22-19(25)17(14-7-5-4-6-8-14)23-18(24)15-9-11-16(26-3)12-10-15;/h4-12,17H,13,21H2,1-3H3,(H,22,25)(H,23,24);1H. The van der Waals surface area contributed by atoms with Gasteiger partial charge in [-0.1, -0.05) is 30.3 Å². The molecule has 0 aliphatic rings. The number of nitrogens with one attached hydrogen (secondary N) is 2. The molecule has 2 aromatic carbocycles. The second-order valence-electron chi connectivity index (χ2n) is 6.75. The molecule has 0 aliphatic carbocycles. The van der Waals surface area contributed by atoms with Gasteiger partial charge in [0.15, 0.2) is 0 Å². The molecule has 0 aliphatic heterocycles. The van der Waals surface area contributed by atoms with E-state index in [0.717, 1.165) is 0 Å². The highest BCUT2D eigenvalue weighted by molar-refractivity contribution is 5.98. The van der Waals surface area contributed by atoms with Crippen molar-refractivity contribution in [3.8, 4) is 5.75 Å². The van der Waals surface area contributed by atoms with Gasteiger partial charge in [0.1, 0.15) is 11.8 Å². The molecule has 7 heteroatoms. The molecule has 4 N–H and O–H groups in total. The van der Waals surface area contributed by atoms with Crippen LogP contribution in [0.3, 0.4) is 0 Å². The van der Waals surface area contributed by atoms with Crippen molar-refractivity contribution in [2.45, 2.75) is 25.4 Å². The molecule has 27 heavy (non-hydrogen) atoms. The summed E-state index contributed by atoms with van der Waals surface area (Å²) in [5.41, 5.74) is 6.52. The number of hydrogen-bond acceptors (Lipinski definition) is 4. The normalized spacial score (nSPS) is 11.7. The van der Waals surface area contributed by atoms with E-state index >= 15 is 0 Å². The number of halogens is 1. The summed E-state index contributed by atoms with van der Waals surface area (Å²) in [4.78, 5) is 25.2. The van der Waals surface area contributed by atoms with Gasteiger partial charge >= 0.3 is 0 Å². The van der Waals surface area contributed by atoms with Gasteiger partial charge in [-0.15, -0.1) is 12.4 Å². The predicted octanol–water partition coefficient (Wildman–Crippen LogP) is 2.44. The summed E-state index contributed by atoms with van der Waals surface area (Å²) in [6.07, 6.45) is 0. The van der Waals surface area contributed by atoms with Crippen LogP contribution in [0.5, 0.6) is 5.75 Å². The summed E-state index contributed by atoms with van der Waals surface area (Å²) in [6.45, 7) is 3.94. The quantitative estimate of drug-likeness (QED) is 0.675. The fraction of sp³-hybridized carbons (Fsp3) is 0.300. The van der Waals surface area contributed by atoms with Gasteiger partial charge in [-0.25, -0.2) is 0 Å². The number of benzene rings is 2. The molecule has 1 unspecified atom stereocenters. The van der Waals surface area contributed by atoms with Crippen molar-refractivity contribution in [1.82, 2.24) is 10.6 Å². The van der Waals surface area contributed by atoms with Crippen LogP contribution in [0.25, 0.3) is 0 Å². The zero-order valence-electron chi connectivity index (χ0n) is 15.7. The van der Waals surface area contributed by atoms with Crippen molar-refractivity contribution < 1.29 is 14.3 Å². The average Bonchev–Trinajstić information content (AvgIpc) is 2.64. The highest BCUT2D eigenvalue weighted by Crippen LogP contribution is 2.16. The molecule has 0 bridgehead atoms. The number of nitrogens with two attached hydrogens (primary N) is 1. The third kappa shape index (κ3) is 6.92. The molecule has 0 saturated carbocycles. The van der Waals surface area contributed by atoms with Gasteiger partial charge in [-0.2, -0.15) is 0 Å². The van der Waals surface area contributed by atoms with Crippen LogP contribution in [-0.2, 0) is 4.79 Å². The molecule has 6 nitrogen and oxygen atoms in total. The number of methoxy groups -OCH3 is 1. The van der Waals surface area contributed by atoms with E-state index in [-0.39, 0.29) is 24.2 Å². The second-order valence-corrected chi connectivity index (χ2v) is 6.75. The van der Waals surface area contributed by atoms with Gasteiger partial charge < -0.3 is 21.1 Å². The van der Waals surface area contributed by atoms with Crippen LogP contribution >= 0.6 is 12.4 Å². The van der Waals surface area contributed by atoms with Crippen molar-refractivity contribution in [3.05, 3.63) is 65.7 Å². The lowest BCUT2D eigenvalue weighted by molar-refractivity contribution is -0.123. The Bertz CT molecular complexity index is 743. The Kier molecular flexibility index (Phi) is 8.28. The van der Waals surface area contributed by atoms with E-state index in [1.165, 1.54) is 0 Å². The minimum atomic E-state index is -0.812. The van der Waals surface area contributed by atoms with E-state index in [0.29, 0.717) is 23.4 Å². The lowest BCUT2D eigenvalue weighted by Gasteiger charge is -2.23. The summed E-state index contributed by atoms with van der Waals surface area (Å²) < 4.78 is 5.09. The lowest BCUT2D eigenvalue weighted by Crippen LogP contribution is -2.48. The first-order valence-electron chi connectivity index (χ1n) is 8.36. The zero-order valence-corrected chi connectivity index (χ0v) is 16.5. The zero-order chi connectivity index (χ0) is 19.2. The number of rotatable bonds is 7. The van der Waals surface area contributed by atoms with Crippen molar-refractivity contribution in [2.24, 2.45) is 5.73 Å². The van der Waals surface area contributed by atoms with Gasteiger partial charge in [0, 0.05) is 17.6 Å². The summed E-state index contributed by atoms with van der Waals surface area (Å²) in [6, 6.07) is 15.0. The van der Waals surface area contributed by atoms with Crippen molar-refractivity contribution >= 4 is 24.2 Å². The maximum Gasteiger partial charge on any atom is 0.252 e. The van der Waals surface area contributed by atoms with Gasteiger partial charge in [0.25, 0.3) is 5.91 Å². The molecular weight excluding hydrogens is 366 g/mol. The molecule has 0 spiro atoms. The smallest absolute Gasteiger partial charge is 0.252 e. The first-order chi connectivity index (χ1) is 12.3. The van der Waals surface area contributed by atoms with Crippen LogP contribution < -0.4 is 21.1 Å². The van der Waals surface area contributed by atoms with Crippen LogP contribution in [0, 0.1) is 0 Å². The maximum atomic E-state index is 12.7. The average molecular weight is 392 g/mol. The van der Waals surface area contributed by atoms with Crippen LogP contribution in [0.15, 0.2) is 54.6 Å². The van der Waals surface area contributed by atoms with Crippen molar-refractivity contribution in [3.63, 3.8) is 0 Å². The van der Waals surface area contributed by atoms with Gasteiger partial charge in [-0.05, 0) is 43.7 Å². The Labute approximate surface area is 165 Å². The van der Waals surface area contributed by atoms with Gasteiger partial charge in [-0.3, -0.25) is 9.59 Å². The fourth-order valence-corrected chi connectivity index (χ4v) is 2.32. The first-order valence-corrected chi connectivity index (χ1v) is 8.36. The highest BCUT2D eigenvalue weighted by Gasteiger charge is 2.24. The molecule has 0 aromatic heterocycles. The van der Waals surface area contributed by atoms with Gasteiger partial charge in [0.05, 0.1) is 7.11 Å². The largest absolute Gasteiger partial charge is 0.497 e. The van der Waals surface area contributed by atoms with E-state index in [9.17, 15) is 9.59 Å². The number of carbonyl (C=O) groups excluding carboxylic acids is 2. The molecule has 2 rings (SSSR count). The molecular formula is C20H26ClN3O3. The minimum Gasteiger partial charge on any atom is -0.497 e. The Morgan fingerprint density at radius 3 is 2.19 bits per heavy atom. The van der Waals surface area contributed by atoms with E-state index < -0.39 is 11.6 Å². The summed E-state index contributed by atoms with van der Waals surface area (Å²) in [7, 11) is 1.56. The number of amides is 2. The summed E-state index contributed by atoms with van der Waals surface area (Å²) in [5.74, 6) is 0.00401. The minimum absolute atomic E-state index is 0. The summed E-state index contributed by atoms with van der Waals surface area (Å²) >= 11 is 0. The fourth-order valence-electron chi connectivity index (χ4n) is 2.32. The van der Waals surface area contributed by atoms with Crippen LogP contribution in [0.2, 0.25) is 0 Å². The van der Waals surface area contributed by atoms with Crippen LogP contribution in [0.1, 0.15) is 35.8 Å².